The van der Waals surface area contributed by atoms with Gasteiger partial charge < -0.3 is 9.84 Å². The van der Waals surface area contributed by atoms with Crippen molar-refractivity contribution in [1.82, 2.24) is 4.98 Å². The van der Waals surface area contributed by atoms with Crippen molar-refractivity contribution >= 4 is 40.8 Å². The Hall–Kier alpha value is -4.49. The van der Waals surface area contributed by atoms with Gasteiger partial charge in [-0.15, -0.1) is 11.8 Å². The monoisotopic (exact) mass is 537 g/mol. The van der Waals surface area contributed by atoms with Crippen molar-refractivity contribution in [3.8, 4) is 5.75 Å². The quantitative estimate of drug-likeness (QED) is 0.245. The number of benzene rings is 4. The smallest absolute Gasteiger partial charge is 0.336 e. The summed E-state index contributed by atoms with van der Waals surface area (Å²) in [5, 5.41) is 10.1. The molecule has 0 radical (unpaired) electrons. The van der Waals surface area contributed by atoms with E-state index in [0.717, 1.165) is 40.1 Å². The van der Waals surface area contributed by atoms with Gasteiger partial charge in [0.05, 0.1) is 22.0 Å². The molecule has 4 nitrogen and oxygen atoms in total. The van der Waals surface area contributed by atoms with Crippen LogP contribution in [0.5, 0.6) is 5.75 Å². The molecule has 1 aromatic heterocycles. The lowest BCUT2D eigenvalue weighted by atomic mass is 9.98. The Kier molecular flexibility index (Phi) is 6.59. The number of carboxylic acids is 1. The summed E-state index contributed by atoms with van der Waals surface area (Å²) in [5.41, 5.74) is 5.15. The number of carboxylic acid groups (broad SMARTS) is 1. The van der Waals surface area contributed by atoms with Crippen LogP contribution in [0.3, 0.4) is 0 Å². The molecule has 6 rings (SSSR count). The zero-order valence-corrected chi connectivity index (χ0v) is 21.3. The van der Waals surface area contributed by atoms with Gasteiger partial charge in [-0.2, -0.15) is 0 Å². The maximum atomic E-state index is 13.7. The van der Waals surface area contributed by atoms with Crippen LogP contribution < -0.4 is 4.74 Å². The highest BCUT2D eigenvalue weighted by Gasteiger charge is 2.27. The van der Waals surface area contributed by atoms with Crippen LogP contribution in [0.1, 0.15) is 43.6 Å². The molecule has 2 heterocycles. The summed E-state index contributed by atoms with van der Waals surface area (Å²) in [6.45, 7) is 0.411. The van der Waals surface area contributed by atoms with E-state index in [1.165, 1.54) is 11.8 Å². The minimum atomic E-state index is -0.973. The number of thioether (sulfide) groups is 1. The number of hydrogen-bond donors (Lipinski definition) is 1. The molecule has 1 aliphatic heterocycles. The molecule has 0 bridgehead atoms. The highest BCUT2D eigenvalue weighted by molar-refractivity contribution is 7.99. The van der Waals surface area contributed by atoms with Gasteiger partial charge in [-0.25, -0.2) is 18.6 Å². The number of carbonyl (C=O) groups is 1. The number of ether oxygens (including phenoxy) is 1. The van der Waals surface area contributed by atoms with E-state index in [0.29, 0.717) is 28.1 Å². The molecular formula is C32H21F2NO3S. The molecule has 1 aliphatic rings. The Balaban J connectivity index is 1.39. The summed E-state index contributed by atoms with van der Waals surface area (Å²) >= 11 is 1.48. The average molecular weight is 538 g/mol. The molecule has 39 heavy (non-hydrogen) atoms. The van der Waals surface area contributed by atoms with Crippen molar-refractivity contribution in [3.63, 3.8) is 0 Å². The molecule has 4 aromatic carbocycles. The first-order valence-corrected chi connectivity index (χ1v) is 13.1. The van der Waals surface area contributed by atoms with E-state index < -0.39 is 17.6 Å². The molecule has 0 saturated heterocycles. The Morgan fingerprint density at radius 2 is 1.69 bits per heavy atom. The molecule has 0 spiro atoms. The Morgan fingerprint density at radius 1 is 0.897 bits per heavy atom. The molecule has 0 fully saturated rings. The van der Waals surface area contributed by atoms with Crippen molar-refractivity contribution in [2.45, 2.75) is 16.8 Å². The number of rotatable bonds is 5. The number of halogens is 2. The molecule has 1 atom stereocenters. The summed E-state index contributed by atoms with van der Waals surface area (Å²) < 4.78 is 33.4. The van der Waals surface area contributed by atoms with Gasteiger partial charge in [0.25, 0.3) is 0 Å². The molecule has 7 heteroatoms. The SMILES string of the molecule is O=C(O)c1ccccc1SC1c2ccccc2COc2ccc(C=Cc3ccc4cc(F)c(F)cc4n3)cc21. The van der Waals surface area contributed by atoms with Gasteiger partial charge in [0.1, 0.15) is 12.4 Å². The van der Waals surface area contributed by atoms with Crippen molar-refractivity contribution in [3.05, 3.63) is 136 Å². The topological polar surface area (TPSA) is 59.4 Å². The van der Waals surface area contributed by atoms with E-state index in [2.05, 4.69) is 11.1 Å². The van der Waals surface area contributed by atoms with Crippen LogP contribution in [-0.2, 0) is 6.61 Å². The van der Waals surface area contributed by atoms with Crippen LogP contribution in [-0.4, -0.2) is 16.1 Å². The first-order valence-electron chi connectivity index (χ1n) is 12.2. The number of fused-ring (bicyclic) bond motifs is 3. The van der Waals surface area contributed by atoms with Crippen LogP contribution in [0, 0.1) is 11.6 Å². The Bertz CT molecular complexity index is 1770. The van der Waals surface area contributed by atoms with Gasteiger partial charge >= 0.3 is 5.97 Å². The zero-order valence-electron chi connectivity index (χ0n) is 20.5. The average Bonchev–Trinajstić information content (AvgIpc) is 3.09. The minimum Gasteiger partial charge on any atom is -0.489 e. The Labute approximate surface area is 227 Å². The second kappa shape index (κ2) is 10.3. The number of nitrogens with zero attached hydrogens (tertiary/aromatic N) is 1. The van der Waals surface area contributed by atoms with Crippen molar-refractivity contribution < 1.29 is 23.4 Å². The molecule has 0 amide bonds. The van der Waals surface area contributed by atoms with E-state index >= 15 is 0 Å². The summed E-state index contributed by atoms with van der Waals surface area (Å²) in [4.78, 5) is 17.0. The van der Waals surface area contributed by atoms with E-state index in [4.69, 9.17) is 4.74 Å². The van der Waals surface area contributed by atoms with Gasteiger partial charge in [-0.1, -0.05) is 54.6 Å². The summed E-state index contributed by atoms with van der Waals surface area (Å²) in [7, 11) is 0. The van der Waals surface area contributed by atoms with E-state index in [1.807, 2.05) is 60.7 Å². The van der Waals surface area contributed by atoms with Crippen LogP contribution in [0.25, 0.3) is 23.1 Å². The highest BCUT2D eigenvalue weighted by Crippen LogP contribution is 2.48. The fourth-order valence-corrected chi connectivity index (χ4v) is 6.02. The van der Waals surface area contributed by atoms with E-state index in [9.17, 15) is 18.7 Å². The normalized spacial score (nSPS) is 14.5. The lowest BCUT2D eigenvalue weighted by molar-refractivity contribution is 0.0693. The lowest BCUT2D eigenvalue weighted by Gasteiger charge is -2.20. The maximum Gasteiger partial charge on any atom is 0.336 e. The van der Waals surface area contributed by atoms with Crippen LogP contribution >= 0.6 is 11.8 Å². The lowest BCUT2D eigenvalue weighted by Crippen LogP contribution is -2.03. The third kappa shape index (κ3) is 5.01. The summed E-state index contributed by atoms with van der Waals surface area (Å²) in [5.74, 6) is -2.08. The fourth-order valence-electron chi connectivity index (χ4n) is 4.66. The van der Waals surface area contributed by atoms with Gasteiger partial charge in [0.2, 0.25) is 0 Å². The van der Waals surface area contributed by atoms with Crippen LogP contribution in [0.15, 0.2) is 95.9 Å². The maximum absolute atomic E-state index is 13.7. The molecule has 5 aromatic rings. The van der Waals surface area contributed by atoms with Gasteiger partial charge in [0.15, 0.2) is 11.6 Å². The predicted molar refractivity (Wildman–Crippen MR) is 149 cm³/mol. The second-order valence-electron chi connectivity index (χ2n) is 9.11. The van der Waals surface area contributed by atoms with Gasteiger partial charge in [-0.3, -0.25) is 0 Å². The number of hydrogen-bond acceptors (Lipinski definition) is 4. The van der Waals surface area contributed by atoms with Crippen LogP contribution in [0.2, 0.25) is 0 Å². The van der Waals surface area contributed by atoms with Gasteiger partial charge in [-0.05, 0) is 59.2 Å². The van der Waals surface area contributed by atoms with Gasteiger partial charge in [0, 0.05) is 21.9 Å². The van der Waals surface area contributed by atoms with E-state index in [-0.39, 0.29) is 10.8 Å². The summed E-state index contributed by atoms with van der Waals surface area (Å²) in [6, 6.07) is 26.6. The third-order valence-electron chi connectivity index (χ3n) is 6.60. The molecule has 192 valence electrons. The standard InChI is InChI=1S/C32H21F2NO3S/c33-26-16-20-11-13-22(35-28(20)17-27(26)34)12-9-19-10-14-29-25(15-19)31(23-6-2-1-5-21(23)18-38-29)39-30-8-4-3-7-24(30)32(36)37/h1-17,31H,18H2,(H,36,37). The van der Waals surface area contributed by atoms with Crippen molar-refractivity contribution in [2.24, 2.45) is 0 Å². The second-order valence-corrected chi connectivity index (χ2v) is 10.3. The Morgan fingerprint density at radius 3 is 2.56 bits per heavy atom. The molecule has 1 unspecified atom stereocenters. The molecular weight excluding hydrogens is 516 g/mol. The van der Waals surface area contributed by atoms with E-state index in [1.54, 1.807) is 24.3 Å². The van der Waals surface area contributed by atoms with Crippen molar-refractivity contribution in [1.29, 1.82) is 0 Å². The largest absolute Gasteiger partial charge is 0.489 e. The van der Waals surface area contributed by atoms with Crippen molar-refractivity contribution in [2.75, 3.05) is 0 Å². The summed E-state index contributed by atoms with van der Waals surface area (Å²) in [6.07, 6.45) is 3.72. The number of aromatic carboxylic acids is 1. The fraction of sp³-hybridized carbons (Fsp3) is 0.0625. The molecule has 0 aliphatic carbocycles. The third-order valence-corrected chi connectivity index (χ3v) is 7.95. The molecule has 1 N–H and O–H groups in total. The first kappa shape index (κ1) is 24.8. The predicted octanol–water partition coefficient (Wildman–Crippen LogP) is 8.16. The number of pyridine rings is 1. The first-order chi connectivity index (χ1) is 19.0. The number of aromatic nitrogens is 1. The molecule has 0 saturated carbocycles. The zero-order chi connectivity index (χ0) is 26.9. The van der Waals surface area contributed by atoms with Crippen LogP contribution in [0.4, 0.5) is 8.78 Å². The highest BCUT2D eigenvalue weighted by atomic mass is 32.2. The minimum absolute atomic E-state index is 0.204.